The third-order valence-electron chi connectivity index (χ3n) is 2.24. The van der Waals surface area contributed by atoms with Gasteiger partial charge in [0.2, 0.25) is 5.91 Å². The lowest BCUT2D eigenvalue weighted by Gasteiger charge is -2.17. The molecule has 0 saturated heterocycles. The molecule has 0 bridgehead atoms. The molecule has 0 aliphatic carbocycles. The zero-order valence-corrected chi connectivity index (χ0v) is 10.7. The summed E-state index contributed by atoms with van der Waals surface area (Å²) < 4.78 is 0. The van der Waals surface area contributed by atoms with E-state index < -0.39 is 10.5 Å². The van der Waals surface area contributed by atoms with Gasteiger partial charge < -0.3 is 11.1 Å². The first-order valence-corrected chi connectivity index (χ1v) is 5.53. The van der Waals surface area contributed by atoms with Gasteiger partial charge >= 0.3 is 0 Å². The van der Waals surface area contributed by atoms with Crippen molar-refractivity contribution in [3.63, 3.8) is 0 Å². The minimum Gasteiger partial charge on any atom is -0.325 e. The highest BCUT2D eigenvalue weighted by Crippen LogP contribution is 2.25. The predicted octanol–water partition coefficient (Wildman–Crippen LogP) is 1.97. The van der Waals surface area contributed by atoms with Crippen LogP contribution in [0, 0.1) is 17.0 Å². The fourth-order valence-electron chi connectivity index (χ4n) is 1.52. The number of rotatable bonds is 4. The maximum absolute atomic E-state index is 11.7. The molecule has 0 spiro atoms. The zero-order chi connectivity index (χ0) is 13.9. The lowest BCUT2D eigenvalue weighted by atomic mass is 10.0. The molecule has 1 amide bonds. The van der Waals surface area contributed by atoms with E-state index in [1.807, 2.05) is 0 Å². The molecule has 0 saturated carbocycles. The van der Waals surface area contributed by atoms with E-state index in [1.54, 1.807) is 32.9 Å². The Morgan fingerprint density at radius 2 is 2.11 bits per heavy atom. The number of nitrogens with zero attached hydrogens (tertiary/aromatic N) is 1. The molecule has 1 aromatic carbocycles. The van der Waals surface area contributed by atoms with Crippen molar-refractivity contribution in [1.29, 1.82) is 0 Å². The van der Waals surface area contributed by atoms with Crippen LogP contribution >= 0.6 is 0 Å². The molecule has 1 aromatic rings. The van der Waals surface area contributed by atoms with E-state index in [2.05, 4.69) is 5.32 Å². The number of nitro benzene ring substituents is 1. The second kappa shape index (κ2) is 5.14. The summed E-state index contributed by atoms with van der Waals surface area (Å²) in [6, 6.07) is 4.57. The minimum atomic E-state index is -0.650. The van der Waals surface area contributed by atoms with Crippen molar-refractivity contribution in [2.75, 3.05) is 5.32 Å². The molecule has 0 aliphatic heterocycles. The van der Waals surface area contributed by atoms with Crippen LogP contribution in [0.2, 0.25) is 0 Å². The first-order valence-electron chi connectivity index (χ1n) is 5.53. The minimum absolute atomic E-state index is 0.0953. The van der Waals surface area contributed by atoms with E-state index in [4.69, 9.17) is 5.73 Å². The highest BCUT2D eigenvalue weighted by atomic mass is 16.6. The van der Waals surface area contributed by atoms with Crippen molar-refractivity contribution in [2.24, 2.45) is 5.73 Å². The molecule has 98 valence electrons. The normalized spacial score (nSPS) is 11.1. The number of nitro groups is 1. The molecule has 18 heavy (non-hydrogen) atoms. The second-order valence-electron chi connectivity index (χ2n) is 4.99. The summed E-state index contributed by atoms with van der Waals surface area (Å²) in [7, 11) is 0. The Bertz CT molecular complexity index is 478. The number of nitrogens with one attached hydrogen (secondary N) is 1. The molecule has 0 fully saturated rings. The van der Waals surface area contributed by atoms with Crippen LogP contribution in [-0.2, 0) is 4.79 Å². The first-order chi connectivity index (χ1) is 8.19. The van der Waals surface area contributed by atoms with Crippen LogP contribution in [0.3, 0.4) is 0 Å². The van der Waals surface area contributed by atoms with Crippen LogP contribution in [0.25, 0.3) is 0 Å². The Kier molecular flexibility index (Phi) is 4.03. The predicted molar refractivity (Wildman–Crippen MR) is 69.3 cm³/mol. The van der Waals surface area contributed by atoms with Crippen molar-refractivity contribution < 1.29 is 9.72 Å². The van der Waals surface area contributed by atoms with E-state index in [0.29, 0.717) is 0 Å². The number of nitrogens with two attached hydrogens (primary N) is 1. The SMILES string of the molecule is Cc1ccc([N+](=O)[O-])c(NC(=O)CC(C)(C)N)c1. The van der Waals surface area contributed by atoms with Crippen molar-refractivity contribution in [1.82, 2.24) is 0 Å². The second-order valence-corrected chi connectivity index (χ2v) is 4.99. The van der Waals surface area contributed by atoms with Gasteiger partial charge in [-0.25, -0.2) is 0 Å². The number of anilines is 1. The smallest absolute Gasteiger partial charge is 0.292 e. The van der Waals surface area contributed by atoms with Gasteiger partial charge in [-0.1, -0.05) is 6.07 Å². The summed E-state index contributed by atoms with van der Waals surface area (Å²) in [5.41, 5.74) is 5.99. The fraction of sp³-hybridized carbons (Fsp3) is 0.417. The van der Waals surface area contributed by atoms with Crippen LogP contribution < -0.4 is 11.1 Å². The van der Waals surface area contributed by atoms with Crippen LogP contribution in [0.4, 0.5) is 11.4 Å². The highest BCUT2D eigenvalue weighted by Gasteiger charge is 2.20. The third kappa shape index (κ3) is 4.14. The Labute approximate surface area is 105 Å². The maximum atomic E-state index is 11.7. The van der Waals surface area contributed by atoms with Gasteiger partial charge in [-0.05, 0) is 32.4 Å². The monoisotopic (exact) mass is 251 g/mol. The van der Waals surface area contributed by atoms with Gasteiger partial charge in [0.05, 0.1) is 4.92 Å². The zero-order valence-electron chi connectivity index (χ0n) is 10.7. The molecule has 0 atom stereocenters. The average molecular weight is 251 g/mol. The lowest BCUT2D eigenvalue weighted by molar-refractivity contribution is -0.383. The third-order valence-corrected chi connectivity index (χ3v) is 2.24. The van der Waals surface area contributed by atoms with Gasteiger partial charge in [0.15, 0.2) is 0 Å². The summed E-state index contributed by atoms with van der Waals surface area (Å²) in [5, 5.41) is 13.4. The molecule has 3 N–H and O–H groups in total. The molecule has 0 heterocycles. The van der Waals surface area contributed by atoms with E-state index in [-0.39, 0.29) is 23.7 Å². The van der Waals surface area contributed by atoms with Gasteiger partial charge in [-0.3, -0.25) is 14.9 Å². The highest BCUT2D eigenvalue weighted by molar-refractivity contribution is 5.93. The fourth-order valence-corrected chi connectivity index (χ4v) is 1.52. The summed E-state index contributed by atoms with van der Waals surface area (Å²) in [6.07, 6.45) is 0.0953. The van der Waals surface area contributed by atoms with Crippen molar-refractivity contribution in [3.05, 3.63) is 33.9 Å². The van der Waals surface area contributed by atoms with E-state index >= 15 is 0 Å². The Morgan fingerprint density at radius 3 is 2.61 bits per heavy atom. The number of carbonyl (C=O) groups excluding carboxylic acids is 1. The number of aryl methyl sites for hydroxylation is 1. The van der Waals surface area contributed by atoms with Crippen molar-refractivity contribution in [2.45, 2.75) is 32.7 Å². The number of hydrogen-bond donors (Lipinski definition) is 2. The van der Waals surface area contributed by atoms with Crippen LogP contribution in [-0.4, -0.2) is 16.4 Å². The summed E-state index contributed by atoms with van der Waals surface area (Å²) in [6.45, 7) is 5.24. The van der Waals surface area contributed by atoms with E-state index in [1.165, 1.54) is 6.07 Å². The summed E-state index contributed by atoms with van der Waals surface area (Å²) in [5.74, 6) is -0.337. The molecule has 0 aliphatic rings. The maximum Gasteiger partial charge on any atom is 0.292 e. The van der Waals surface area contributed by atoms with Crippen LogP contribution in [0.5, 0.6) is 0 Å². The molecule has 0 aromatic heterocycles. The standard InChI is InChI=1S/C12H17N3O3/c1-8-4-5-10(15(17)18)9(6-8)14-11(16)7-12(2,3)13/h4-6H,7,13H2,1-3H3,(H,14,16). The van der Waals surface area contributed by atoms with Crippen LogP contribution in [0.1, 0.15) is 25.8 Å². The molecular weight excluding hydrogens is 234 g/mol. The average Bonchev–Trinajstić information content (AvgIpc) is 2.13. The lowest BCUT2D eigenvalue weighted by Crippen LogP contribution is -2.36. The molecule has 0 radical (unpaired) electrons. The molecule has 6 nitrogen and oxygen atoms in total. The first kappa shape index (κ1) is 14.1. The number of hydrogen-bond acceptors (Lipinski definition) is 4. The van der Waals surface area contributed by atoms with Gasteiger partial charge in [0, 0.05) is 18.0 Å². The Balaban J connectivity index is 2.93. The summed E-state index contributed by atoms with van der Waals surface area (Å²) >= 11 is 0. The quantitative estimate of drug-likeness (QED) is 0.631. The molecule has 6 heteroatoms. The molecule has 0 unspecified atom stereocenters. The van der Waals surface area contributed by atoms with Crippen molar-refractivity contribution >= 4 is 17.3 Å². The molecule has 1 rings (SSSR count). The number of amides is 1. The summed E-state index contributed by atoms with van der Waals surface area (Å²) in [4.78, 5) is 22.0. The van der Waals surface area contributed by atoms with E-state index in [0.717, 1.165) is 5.56 Å². The topological polar surface area (TPSA) is 98.3 Å². The Hall–Kier alpha value is -1.95. The largest absolute Gasteiger partial charge is 0.325 e. The molecular formula is C12H17N3O3. The van der Waals surface area contributed by atoms with Crippen LogP contribution in [0.15, 0.2) is 18.2 Å². The van der Waals surface area contributed by atoms with Gasteiger partial charge in [-0.15, -0.1) is 0 Å². The Morgan fingerprint density at radius 1 is 1.50 bits per heavy atom. The van der Waals surface area contributed by atoms with Crippen molar-refractivity contribution in [3.8, 4) is 0 Å². The van der Waals surface area contributed by atoms with Gasteiger partial charge in [-0.2, -0.15) is 0 Å². The number of benzene rings is 1. The van der Waals surface area contributed by atoms with E-state index in [9.17, 15) is 14.9 Å². The van der Waals surface area contributed by atoms with Gasteiger partial charge in [0.25, 0.3) is 5.69 Å². The number of carbonyl (C=O) groups is 1. The van der Waals surface area contributed by atoms with Gasteiger partial charge in [0.1, 0.15) is 5.69 Å².